The van der Waals surface area contributed by atoms with Gasteiger partial charge in [-0.25, -0.2) is 4.39 Å². The molecule has 0 saturated heterocycles. The molecule has 3 amide bonds. The lowest BCUT2D eigenvalue weighted by atomic mass is 10.1. The Bertz CT molecular complexity index is 1830. The number of amides is 3. The maximum Gasteiger partial charge on any atom is 0.272 e. The molecule has 5 rings (SSSR count). The van der Waals surface area contributed by atoms with Crippen LogP contribution < -0.4 is 16.0 Å². The Hall–Kier alpha value is -5.47. The summed E-state index contributed by atoms with van der Waals surface area (Å²) in [5.74, 6) is -1.88. The second-order valence-corrected chi connectivity index (χ2v) is 11.3. The van der Waals surface area contributed by atoms with Gasteiger partial charge in [0.25, 0.3) is 11.8 Å². The summed E-state index contributed by atoms with van der Waals surface area (Å²) >= 11 is 1.34. The van der Waals surface area contributed by atoms with Crippen LogP contribution in [0.15, 0.2) is 144 Å². The minimum Gasteiger partial charge on any atom is -0.325 e. The molecule has 0 bridgehead atoms. The number of hydrogen-bond acceptors (Lipinski definition) is 4. The molecule has 5 aromatic rings. The highest BCUT2D eigenvalue weighted by atomic mass is 32.2. The summed E-state index contributed by atoms with van der Waals surface area (Å²) in [5, 5.41) is 7.85. The van der Waals surface area contributed by atoms with Crippen LogP contribution in [0, 0.1) is 12.7 Å². The maximum absolute atomic E-state index is 14.5. The third kappa shape index (κ3) is 8.55. The summed E-state index contributed by atoms with van der Waals surface area (Å²) in [6, 6.07) is 38.5. The minimum atomic E-state index is -0.638. The number of carbonyl (C=O) groups excluding carboxylic acids is 3. The molecule has 1 atom stereocenters. The first-order chi connectivity index (χ1) is 21.9. The normalized spacial score (nSPS) is 11.7. The van der Waals surface area contributed by atoms with E-state index in [1.807, 2.05) is 67.6 Å². The highest BCUT2D eigenvalue weighted by Gasteiger charge is 2.23. The van der Waals surface area contributed by atoms with E-state index in [4.69, 9.17) is 0 Å². The number of carbonyl (C=O) groups is 3. The molecule has 224 valence electrons. The first-order valence-corrected chi connectivity index (χ1v) is 15.1. The number of aryl methyl sites for hydroxylation is 1. The van der Waals surface area contributed by atoms with Crippen molar-refractivity contribution in [2.24, 2.45) is 0 Å². The predicted molar refractivity (Wildman–Crippen MR) is 178 cm³/mol. The fourth-order valence-electron chi connectivity index (χ4n) is 4.42. The van der Waals surface area contributed by atoms with E-state index in [0.29, 0.717) is 16.9 Å². The molecule has 0 heterocycles. The van der Waals surface area contributed by atoms with Gasteiger partial charge in [-0.15, -0.1) is 11.8 Å². The fraction of sp³-hybridized carbons (Fsp3) is 0.0541. The Labute approximate surface area is 265 Å². The van der Waals surface area contributed by atoms with E-state index in [-0.39, 0.29) is 17.2 Å². The van der Waals surface area contributed by atoms with Gasteiger partial charge in [0.15, 0.2) is 0 Å². The first-order valence-electron chi connectivity index (χ1n) is 14.2. The van der Waals surface area contributed by atoms with Gasteiger partial charge < -0.3 is 16.0 Å². The number of rotatable bonds is 10. The van der Waals surface area contributed by atoms with Gasteiger partial charge >= 0.3 is 0 Å². The van der Waals surface area contributed by atoms with Crippen molar-refractivity contribution in [2.45, 2.75) is 17.1 Å². The van der Waals surface area contributed by atoms with Crippen LogP contribution in [-0.4, -0.2) is 17.7 Å². The lowest BCUT2D eigenvalue weighted by Gasteiger charge is -2.18. The lowest BCUT2D eigenvalue weighted by molar-refractivity contribution is -0.116. The van der Waals surface area contributed by atoms with Crippen LogP contribution in [0.25, 0.3) is 6.08 Å². The SMILES string of the molecule is Cc1ccc(NC(=O)C(Sc2cccc(NC(=O)/C(=C/c3ccccc3F)NC(=O)c3ccccc3)c2)c2ccccc2)cc1. The fourth-order valence-corrected chi connectivity index (χ4v) is 5.50. The van der Waals surface area contributed by atoms with E-state index >= 15 is 0 Å². The second-order valence-electron chi connectivity index (χ2n) is 10.1. The Balaban J connectivity index is 1.38. The molecule has 0 spiro atoms. The van der Waals surface area contributed by atoms with Crippen molar-refractivity contribution in [3.05, 3.63) is 167 Å². The third-order valence-electron chi connectivity index (χ3n) is 6.74. The quantitative estimate of drug-likeness (QED) is 0.110. The molecule has 45 heavy (non-hydrogen) atoms. The smallest absolute Gasteiger partial charge is 0.272 e. The highest BCUT2D eigenvalue weighted by molar-refractivity contribution is 8.00. The zero-order valence-electron chi connectivity index (χ0n) is 24.4. The van der Waals surface area contributed by atoms with Crippen molar-refractivity contribution >= 4 is 46.9 Å². The van der Waals surface area contributed by atoms with Crippen molar-refractivity contribution in [1.82, 2.24) is 5.32 Å². The molecule has 0 aliphatic carbocycles. The predicted octanol–water partition coefficient (Wildman–Crippen LogP) is 8.02. The number of thioether (sulfide) groups is 1. The molecule has 0 saturated carbocycles. The summed E-state index contributed by atoms with van der Waals surface area (Å²) in [4.78, 5) is 40.7. The second kappa shape index (κ2) is 14.8. The molecule has 5 aromatic carbocycles. The highest BCUT2D eigenvalue weighted by Crippen LogP contribution is 2.37. The zero-order valence-corrected chi connectivity index (χ0v) is 25.2. The van der Waals surface area contributed by atoms with E-state index in [9.17, 15) is 18.8 Å². The minimum absolute atomic E-state index is 0.133. The number of benzene rings is 5. The standard InChI is InChI=1S/C37H30FN3O3S/c1-25-19-21-29(22-20-25)39-37(44)34(26-11-4-2-5-12-26)45-31-17-10-16-30(24-31)40-36(43)33(23-28-15-8-9-18-32(28)38)41-35(42)27-13-6-3-7-14-27/h2-24,34H,1H3,(H,39,44)(H,40,43)(H,41,42)/b33-23-. The molecule has 0 aliphatic rings. The van der Waals surface area contributed by atoms with Crippen LogP contribution >= 0.6 is 11.8 Å². The molecule has 0 radical (unpaired) electrons. The van der Waals surface area contributed by atoms with Gasteiger partial charge in [0, 0.05) is 27.4 Å². The van der Waals surface area contributed by atoms with Crippen LogP contribution in [0.2, 0.25) is 0 Å². The maximum atomic E-state index is 14.5. The largest absolute Gasteiger partial charge is 0.325 e. The van der Waals surface area contributed by atoms with Gasteiger partial charge in [0.2, 0.25) is 5.91 Å². The van der Waals surface area contributed by atoms with Gasteiger partial charge in [-0.1, -0.05) is 90.5 Å². The van der Waals surface area contributed by atoms with Crippen LogP contribution in [0.5, 0.6) is 0 Å². The van der Waals surface area contributed by atoms with Crippen LogP contribution in [0.3, 0.4) is 0 Å². The Morgan fingerprint density at radius 2 is 1.38 bits per heavy atom. The van der Waals surface area contributed by atoms with Crippen LogP contribution in [-0.2, 0) is 9.59 Å². The summed E-state index contributed by atoms with van der Waals surface area (Å²) in [6.07, 6.45) is 1.30. The zero-order chi connectivity index (χ0) is 31.6. The van der Waals surface area contributed by atoms with Gasteiger partial charge in [-0.3, -0.25) is 14.4 Å². The van der Waals surface area contributed by atoms with Gasteiger partial charge in [-0.05, 0) is 67.1 Å². The number of nitrogens with one attached hydrogen (secondary N) is 3. The number of anilines is 2. The summed E-state index contributed by atoms with van der Waals surface area (Å²) < 4.78 is 14.5. The van der Waals surface area contributed by atoms with Gasteiger partial charge in [0.1, 0.15) is 16.8 Å². The van der Waals surface area contributed by atoms with Crippen molar-refractivity contribution in [1.29, 1.82) is 0 Å². The molecule has 8 heteroatoms. The third-order valence-corrected chi connectivity index (χ3v) is 7.99. The Kier molecular flexibility index (Phi) is 10.2. The van der Waals surface area contributed by atoms with Crippen LogP contribution in [0.4, 0.5) is 15.8 Å². The van der Waals surface area contributed by atoms with E-state index in [1.54, 1.807) is 60.7 Å². The average Bonchev–Trinajstić information content (AvgIpc) is 3.06. The summed E-state index contributed by atoms with van der Waals surface area (Å²) in [7, 11) is 0. The molecule has 3 N–H and O–H groups in total. The lowest BCUT2D eigenvalue weighted by Crippen LogP contribution is -2.30. The van der Waals surface area contributed by atoms with Gasteiger partial charge in [-0.2, -0.15) is 0 Å². The monoisotopic (exact) mass is 615 g/mol. The topological polar surface area (TPSA) is 87.3 Å². The van der Waals surface area contributed by atoms with E-state index in [2.05, 4.69) is 16.0 Å². The van der Waals surface area contributed by atoms with E-state index in [1.165, 1.54) is 30.0 Å². The molecule has 1 unspecified atom stereocenters. The van der Waals surface area contributed by atoms with Crippen molar-refractivity contribution in [3.63, 3.8) is 0 Å². The van der Waals surface area contributed by atoms with E-state index in [0.717, 1.165) is 16.0 Å². The molecule has 0 aromatic heterocycles. The number of halogens is 1. The van der Waals surface area contributed by atoms with E-state index < -0.39 is 22.9 Å². The summed E-state index contributed by atoms with van der Waals surface area (Å²) in [6.45, 7) is 1.98. The molecular weight excluding hydrogens is 585 g/mol. The molecule has 0 aliphatic heterocycles. The first kappa shape index (κ1) is 31.0. The van der Waals surface area contributed by atoms with Crippen molar-refractivity contribution in [2.75, 3.05) is 10.6 Å². The molecular formula is C37H30FN3O3S. The summed E-state index contributed by atoms with van der Waals surface area (Å²) in [5.41, 5.74) is 3.40. The van der Waals surface area contributed by atoms with Crippen LogP contribution in [0.1, 0.15) is 32.3 Å². The molecule has 0 fully saturated rings. The van der Waals surface area contributed by atoms with Crippen molar-refractivity contribution < 1.29 is 18.8 Å². The van der Waals surface area contributed by atoms with Gasteiger partial charge in [0.05, 0.1) is 0 Å². The molecule has 6 nitrogen and oxygen atoms in total. The van der Waals surface area contributed by atoms with Crippen molar-refractivity contribution in [3.8, 4) is 0 Å². The Morgan fingerprint density at radius 1 is 0.711 bits per heavy atom. The number of hydrogen-bond donors (Lipinski definition) is 3. The Morgan fingerprint density at radius 3 is 2.09 bits per heavy atom. The average molecular weight is 616 g/mol.